The molecule has 0 aliphatic heterocycles. The van der Waals surface area contributed by atoms with Gasteiger partial charge in [0.05, 0.1) is 11.1 Å². The van der Waals surface area contributed by atoms with Gasteiger partial charge < -0.3 is 5.73 Å². The van der Waals surface area contributed by atoms with E-state index in [1.807, 2.05) is 0 Å². The molecule has 2 nitrogen and oxygen atoms in total. The minimum Gasteiger partial charge on any atom is -0.328 e. The quantitative estimate of drug-likeness (QED) is 0.522. The van der Waals surface area contributed by atoms with E-state index in [9.17, 15) is 35.5 Å². The summed E-state index contributed by atoms with van der Waals surface area (Å²) in [6, 6.07) is 3.14. The molecule has 1 unspecified atom stereocenters. The summed E-state index contributed by atoms with van der Waals surface area (Å²) in [5.41, 5.74) is 1.38. The van der Waals surface area contributed by atoms with Crippen molar-refractivity contribution in [2.24, 2.45) is 5.73 Å². The largest absolute Gasteiger partial charge is 0.416 e. The van der Waals surface area contributed by atoms with E-state index in [2.05, 4.69) is 0 Å². The standard InChI is InChI=1S/C18H14F7NO.ClH/c1-9(26)4-11-5-10(2-3-15(11)19)16(27)12-6-13(17(20,21)22)8-14(7-12)18(23,24)25;/h2-3,5-9H,4,26H2,1H3;1H. The second kappa shape index (κ2) is 8.48. The molecule has 10 heteroatoms. The number of halogens is 8. The van der Waals surface area contributed by atoms with Crippen LogP contribution in [0.5, 0.6) is 0 Å². The Morgan fingerprint density at radius 1 is 0.929 bits per heavy atom. The molecule has 1 atom stereocenters. The Hall–Kier alpha value is -2.13. The molecule has 0 aliphatic carbocycles. The first-order valence-electron chi connectivity index (χ1n) is 7.67. The zero-order valence-electron chi connectivity index (χ0n) is 14.3. The third-order valence-corrected chi connectivity index (χ3v) is 3.70. The van der Waals surface area contributed by atoms with Crippen LogP contribution in [0.1, 0.15) is 39.5 Å². The second-order valence-corrected chi connectivity index (χ2v) is 6.11. The molecule has 28 heavy (non-hydrogen) atoms. The van der Waals surface area contributed by atoms with Crippen molar-refractivity contribution < 1.29 is 35.5 Å². The van der Waals surface area contributed by atoms with E-state index >= 15 is 0 Å². The van der Waals surface area contributed by atoms with Gasteiger partial charge in [-0.2, -0.15) is 26.3 Å². The zero-order chi connectivity index (χ0) is 20.6. The van der Waals surface area contributed by atoms with Crippen molar-refractivity contribution in [3.63, 3.8) is 0 Å². The first-order valence-corrected chi connectivity index (χ1v) is 7.67. The molecule has 0 radical (unpaired) electrons. The Bertz CT molecular complexity index is 828. The van der Waals surface area contributed by atoms with Crippen molar-refractivity contribution in [2.75, 3.05) is 0 Å². The molecule has 0 saturated heterocycles. The van der Waals surface area contributed by atoms with Gasteiger partial charge in [0.15, 0.2) is 5.78 Å². The highest BCUT2D eigenvalue weighted by atomic mass is 35.5. The number of carbonyl (C=O) groups excluding carboxylic acids is 1. The summed E-state index contributed by atoms with van der Waals surface area (Å²) < 4.78 is 91.3. The van der Waals surface area contributed by atoms with Crippen molar-refractivity contribution in [3.8, 4) is 0 Å². The van der Waals surface area contributed by atoms with Gasteiger partial charge >= 0.3 is 12.4 Å². The first kappa shape index (κ1) is 23.9. The van der Waals surface area contributed by atoms with E-state index in [0.717, 1.165) is 18.2 Å². The molecule has 2 aromatic rings. The Labute approximate surface area is 161 Å². The normalized spacial score (nSPS) is 13.0. The Kier molecular flexibility index (Phi) is 7.24. The first-order chi connectivity index (χ1) is 12.3. The van der Waals surface area contributed by atoms with Gasteiger partial charge in [-0.3, -0.25) is 4.79 Å². The molecule has 2 rings (SSSR count). The number of hydrogen-bond donors (Lipinski definition) is 1. The summed E-state index contributed by atoms with van der Waals surface area (Å²) in [4.78, 5) is 12.5. The third-order valence-electron chi connectivity index (χ3n) is 3.70. The number of ketones is 1. The predicted octanol–water partition coefficient (Wildman–Crippen LogP) is 5.41. The smallest absolute Gasteiger partial charge is 0.328 e. The predicted molar refractivity (Wildman–Crippen MR) is 90.9 cm³/mol. The lowest BCUT2D eigenvalue weighted by Crippen LogP contribution is -2.19. The lowest BCUT2D eigenvalue weighted by Gasteiger charge is -2.14. The molecule has 154 valence electrons. The number of alkyl halides is 6. The van der Waals surface area contributed by atoms with Crippen LogP contribution in [-0.2, 0) is 18.8 Å². The van der Waals surface area contributed by atoms with Crippen LogP contribution in [0.2, 0.25) is 0 Å². The monoisotopic (exact) mass is 429 g/mol. The Morgan fingerprint density at radius 3 is 1.86 bits per heavy atom. The summed E-state index contributed by atoms with van der Waals surface area (Å²) in [7, 11) is 0. The summed E-state index contributed by atoms with van der Waals surface area (Å²) in [6.07, 6.45) is -10.1. The van der Waals surface area contributed by atoms with Crippen LogP contribution in [0.3, 0.4) is 0 Å². The highest BCUT2D eigenvalue weighted by molar-refractivity contribution is 6.09. The molecule has 0 heterocycles. The van der Waals surface area contributed by atoms with Gasteiger partial charge in [0, 0.05) is 17.2 Å². The summed E-state index contributed by atoms with van der Waals surface area (Å²) in [5, 5.41) is 0. The van der Waals surface area contributed by atoms with Crippen LogP contribution in [0.15, 0.2) is 36.4 Å². The van der Waals surface area contributed by atoms with Crippen LogP contribution in [0.25, 0.3) is 0 Å². The van der Waals surface area contributed by atoms with Gasteiger partial charge in [0.1, 0.15) is 5.82 Å². The number of rotatable bonds is 4. The fourth-order valence-corrected chi connectivity index (χ4v) is 2.47. The number of hydrogen-bond acceptors (Lipinski definition) is 2. The average molecular weight is 430 g/mol. The molecule has 2 aromatic carbocycles. The van der Waals surface area contributed by atoms with Gasteiger partial charge in [-0.15, -0.1) is 12.4 Å². The van der Waals surface area contributed by atoms with Crippen LogP contribution in [0.4, 0.5) is 30.7 Å². The van der Waals surface area contributed by atoms with Crippen LogP contribution < -0.4 is 5.73 Å². The Balaban J connectivity index is 0.00000392. The van der Waals surface area contributed by atoms with Crippen LogP contribution in [-0.4, -0.2) is 11.8 Å². The lowest BCUT2D eigenvalue weighted by molar-refractivity contribution is -0.143. The Morgan fingerprint density at radius 2 is 1.43 bits per heavy atom. The van der Waals surface area contributed by atoms with E-state index in [1.165, 1.54) is 0 Å². The van der Waals surface area contributed by atoms with E-state index < -0.39 is 46.7 Å². The minimum absolute atomic E-state index is 0. The van der Waals surface area contributed by atoms with Gasteiger partial charge in [0.2, 0.25) is 0 Å². The summed E-state index contributed by atoms with van der Waals surface area (Å²) in [6.45, 7) is 1.58. The van der Waals surface area contributed by atoms with E-state index in [0.29, 0.717) is 12.1 Å². The van der Waals surface area contributed by atoms with E-state index in [-0.39, 0.29) is 36.0 Å². The van der Waals surface area contributed by atoms with Gasteiger partial charge in [-0.05, 0) is 55.3 Å². The molecular formula is C18H15ClF7NO. The van der Waals surface area contributed by atoms with Crippen molar-refractivity contribution in [2.45, 2.75) is 31.7 Å². The molecule has 0 saturated carbocycles. The second-order valence-electron chi connectivity index (χ2n) is 6.11. The SMILES string of the molecule is CC(N)Cc1cc(C(=O)c2cc(C(F)(F)F)cc(C(F)(F)F)c2)ccc1F.Cl. The molecule has 0 spiro atoms. The lowest BCUT2D eigenvalue weighted by atomic mass is 9.95. The van der Waals surface area contributed by atoms with Crippen molar-refractivity contribution in [1.29, 1.82) is 0 Å². The third kappa shape index (κ3) is 5.68. The number of nitrogens with two attached hydrogens (primary N) is 1. The molecular weight excluding hydrogens is 415 g/mol. The maximum Gasteiger partial charge on any atom is 0.416 e. The number of benzene rings is 2. The van der Waals surface area contributed by atoms with Crippen molar-refractivity contribution in [1.82, 2.24) is 0 Å². The number of carbonyl (C=O) groups is 1. The fraction of sp³-hybridized carbons (Fsp3) is 0.278. The fourth-order valence-electron chi connectivity index (χ4n) is 2.47. The van der Waals surface area contributed by atoms with Gasteiger partial charge in [-0.1, -0.05) is 0 Å². The van der Waals surface area contributed by atoms with Gasteiger partial charge in [0.25, 0.3) is 0 Å². The molecule has 0 fully saturated rings. The maximum absolute atomic E-state index is 13.8. The van der Waals surface area contributed by atoms with Crippen molar-refractivity contribution >= 4 is 18.2 Å². The minimum atomic E-state index is -5.07. The van der Waals surface area contributed by atoms with Crippen LogP contribution in [0, 0.1) is 5.82 Å². The summed E-state index contributed by atoms with van der Waals surface area (Å²) >= 11 is 0. The molecule has 0 amide bonds. The maximum atomic E-state index is 13.8. The molecule has 0 aliphatic rings. The average Bonchev–Trinajstić information content (AvgIpc) is 2.53. The van der Waals surface area contributed by atoms with E-state index in [1.54, 1.807) is 6.92 Å². The molecule has 0 aromatic heterocycles. The van der Waals surface area contributed by atoms with Crippen molar-refractivity contribution in [3.05, 3.63) is 70.0 Å². The highest BCUT2D eigenvalue weighted by Gasteiger charge is 2.37. The summed E-state index contributed by atoms with van der Waals surface area (Å²) in [5.74, 6) is -1.76. The molecule has 2 N–H and O–H groups in total. The zero-order valence-corrected chi connectivity index (χ0v) is 15.1. The highest BCUT2D eigenvalue weighted by Crippen LogP contribution is 2.36. The van der Waals surface area contributed by atoms with Crippen LogP contribution >= 0.6 is 12.4 Å². The topological polar surface area (TPSA) is 43.1 Å². The van der Waals surface area contributed by atoms with E-state index in [4.69, 9.17) is 5.73 Å². The van der Waals surface area contributed by atoms with Gasteiger partial charge in [-0.25, -0.2) is 4.39 Å². The molecule has 0 bridgehead atoms.